The van der Waals surface area contributed by atoms with Crippen LogP contribution in [0.15, 0.2) is 102 Å². The van der Waals surface area contributed by atoms with Gasteiger partial charge in [-0.3, -0.25) is 0 Å². The topological polar surface area (TPSA) is 21.3 Å². The number of likely N-dealkylation sites (N-methyl/N-ethyl adjacent to an activating group) is 1. The number of ether oxygens (including phenoxy) is 1. The number of benzene rings is 2. The van der Waals surface area contributed by atoms with Gasteiger partial charge in [-0.05, 0) is 53.5 Å². The summed E-state index contributed by atoms with van der Waals surface area (Å²) in [5.41, 5.74) is 4.90. The average Bonchev–Trinajstić information content (AvgIpc) is 2.69. The largest absolute Gasteiger partial charge is 0.458 e. The maximum Gasteiger partial charge on any atom is 0.127 e. The van der Waals surface area contributed by atoms with Crippen LogP contribution in [0.1, 0.15) is 6.42 Å². The molecule has 0 aliphatic heterocycles. The van der Waals surface area contributed by atoms with Crippen LogP contribution in [0.25, 0.3) is 11.1 Å². The van der Waals surface area contributed by atoms with Gasteiger partial charge in [0.1, 0.15) is 11.5 Å². The summed E-state index contributed by atoms with van der Waals surface area (Å²) in [6, 6.07) is 18.7. The smallest absolute Gasteiger partial charge is 0.127 e. The first-order chi connectivity index (χ1) is 12.3. The highest BCUT2D eigenvalue weighted by Gasteiger charge is 2.18. The minimum Gasteiger partial charge on any atom is -0.458 e. The van der Waals surface area contributed by atoms with Crippen LogP contribution in [0.2, 0.25) is 0 Å². The monoisotopic (exact) mass is 327 g/mol. The van der Waals surface area contributed by atoms with Crippen molar-refractivity contribution in [2.75, 3.05) is 7.05 Å². The van der Waals surface area contributed by atoms with E-state index in [0.717, 1.165) is 17.9 Å². The van der Waals surface area contributed by atoms with Gasteiger partial charge >= 0.3 is 0 Å². The van der Waals surface area contributed by atoms with E-state index in [1.54, 1.807) is 0 Å². The van der Waals surface area contributed by atoms with Crippen molar-refractivity contribution in [1.82, 2.24) is 5.32 Å². The van der Waals surface area contributed by atoms with E-state index in [1.165, 1.54) is 22.4 Å². The minimum atomic E-state index is 0.445. The number of rotatable bonds is 4. The van der Waals surface area contributed by atoms with Gasteiger partial charge < -0.3 is 10.1 Å². The number of allylic oxidation sites excluding steroid dienone is 6. The SMILES string of the molecule is CNC1=CC2CC=C(Oc3ccc(-c4ccccc4)cc3)C=C2C=C1. The molecule has 1 N–H and O–H groups in total. The molecule has 1 atom stereocenters. The molecule has 2 nitrogen and oxygen atoms in total. The van der Waals surface area contributed by atoms with Gasteiger partial charge in [0, 0.05) is 18.7 Å². The first kappa shape index (κ1) is 15.5. The van der Waals surface area contributed by atoms with Gasteiger partial charge in [0.15, 0.2) is 0 Å². The lowest BCUT2D eigenvalue weighted by Crippen LogP contribution is -2.14. The van der Waals surface area contributed by atoms with Gasteiger partial charge in [-0.25, -0.2) is 0 Å². The third-order valence-electron chi connectivity index (χ3n) is 4.63. The zero-order chi connectivity index (χ0) is 17.1. The number of hydrogen-bond donors (Lipinski definition) is 1. The zero-order valence-corrected chi connectivity index (χ0v) is 14.3. The molecule has 2 aliphatic rings. The molecule has 0 aromatic heterocycles. The molecule has 0 fully saturated rings. The van der Waals surface area contributed by atoms with Crippen LogP contribution < -0.4 is 10.1 Å². The fourth-order valence-electron chi connectivity index (χ4n) is 3.22. The molecular formula is C23H21NO. The Balaban J connectivity index is 1.47. The molecule has 0 spiro atoms. The Bertz CT molecular complexity index is 870. The first-order valence-electron chi connectivity index (χ1n) is 8.64. The predicted molar refractivity (Wildman–Crippen MR) is 103 cm³/mol. The summed E-state index contributed by atoms with van der Waals surface area (Å²) in [5.74, 6) is 2.23. The van der Waals surface area contributed by atoms with Crippen LogP contribution >= 0.6 is 0 Å². The molecule has 0 saturated heterocycles. The predicted octanol–water partition coefficient (Wildman–Crippen LogP) is 5.24. The van der Waals surface area contributed by atoms with Crippen LogP contribution in [-0.2, 0) is 0 Å². The van der Waals surface area contributed by atoms with E-state index in [1.807, 2.05) is 25.2 Å². The van der Waals surface area contributed by atoms with E-state index in [-0.39, 0.29) is 0 Å². The standard InChI is InChI=1S/C23H21NO/c1-24-21-11-7-20-16-23(14-10-19(20)15-21)25-22-12-8-18(9-13-22)17-5-3-2-4-6-17/h2-9,11-16,19,24H,10H2,1H3. The molecule has 0 heterocycles. The second kappa shape index (κ2) is 6.86. The van der Waals surface area contributed by atoms with Crippen LogP contribution in [0.4, 0.5) is 0 Å². The molecule has 0 saturated carbocycles. The lowest BCUT2D eigenvalue weighted by atomic mass is 9.87. The maximum absolute atomic E-state index is 6.06. The highest BCUT2D eigenvalue weighted by molar-refractivity contribution is 5.64. The average molecular weight is 327 g/mol. The molecule has 2 aromatic carbocycles. The van der Waals surface area contributed by atoms with Crippen molar-refractivity contribution < 1.29 is 4.74 Å². The molecule has 25 heavy (non-hydrogen) atoms. The Morgan fingerprint density at radius 3 is 2.44 bits per heavy atom. The molecular weight excluding hydrogens is 306 g/mol. The van der Waals surface area contributed by atoms with E-state index in [0.29, 0.717) is 5.92 Å². The van der Waals surface area contributed by atoms with Crippen molar-refractivity contribution in [3.63, 3.8) is 0 Å². The van der Waals surface area contributed by atoms with Gasteiger partial charge in [-0.15, -0.1) is 0 Å². The maximum atomic E-state index is 6.06. The van der Waals surface area contributed by atoms with Gasteiger partial charge in [0.05, 0.1) is 0 Å². The van der Waals surface area contributed by atoms with Crippen LogP contribution in [-0.4, -0.2) is 7.05 Å². The molecule has 1 unspecified atom stereocenters. The van der Waals surface area contributed by atoms with Gasteiger partial charge in [0.2, 0.25) is 0 Å². The summed E-state index contributed by atoms with van der Waals surface area (Å²) in [6.07, 6.45) is 11.8. The van der Waals surface area contributed by atoms with Gasteiger partial charge in [-0.2, -0.15) is 0 Å². The zero-order valence-electron chi connectivity index (χ0n) is 14.3. The molecule has 0 radical (unpaired) electrons. The Labute approximate surface area is 148 Å². The normalized spacial score (nSPS) is 18.6. The second-order valence-corrected chi connectivity index (χ2v) is 6.29. The van der Waals surface area contributed by atoms with Crippen molar-refractivity contribution in [3.8, 4) is 16.9 Å². The third-order valence-corrected chi connectivity index (χ3v) is 4.63. The number of fused-ring (bicyclic) bond motifs is 1. The summed E-state index contributed by atoms with van der Waals surface area (Å²) >= 11 is 0. The summed E-state index contributed by atoms with van der Waals surface area (Å²) in [5, 5.41) is 3.20. The number of hydrogen-bond acceptors (Lipinski definition) is 2. The van der Waals surface area contributed by atoms with Gasteiger partial charge in [-0.1, -0.05) is 54.6 Å². The fourth-order valence-corrected chi connectivity index (χ4v) is 3.22. The Hall–Kier alpha value is -3.00. The highest BCUT2D eigenvalue weighted by Crippen LogP contribution is 2.31. The minimum absolute atomic E-state index is 0.445. The van der Waals surface area contributed by atoms with E-state index >= 15 is 0 Å². The van der Waals surface area contributed by atoms with Crippen LogP contribution in [0, 0.1) is 5.92 Å². The lowest BCUT2D eigenvalue weighted by Gasteiger charge is -2.23. The van der Waals surface area contributed by atoms with Crippen LogP contribution in [0.3, 0.4) is 0 Å². The van der Waals surface area contributed by atoms with Crippen molar-refractivity contribution in [2.45, 2.75) is 6.42 Å². The van der Waals surface area contributed by atoms with E-state index in [4.69, 9.17) is 4.74 Å². The fraction of sp³-hybridized carbons (Fsp3) is 0.130. The highest BCUT2D eigenvalue weighted by atomic mass is 16.5. The quantitative estimate of drug-likeness (QED) is 0.829. The van der Waals surface area contributed by atoms with Crippen molar-refractivity contribution in [3.05, 3.63) is 102 Å². The van der Waals surface area contributed by atoms with E-state index < -0.39 is 0 Å². The molecule has 2 aliphatic carbocycles. The summed E-state index contributed by atoms with van der Waals surface area (Å²) < 4.78 is 6.06. The Morgan fingerprint density at radius 2 is 1.68 bits per heavy atom. The van der Waals surface area contributed by atoms with Crippen LogP contribution in [0.5, 0.6) is 5.75 Å². The first-order valence-corrected chi connectivity index (χ1v) is 8.64. The Kier molecular flexibility index (Phi) is 4.26. The summed E-state index contributed by atoms with van der Waals surface area (Å²) in [7, 11) is 1.96. The van der Waals surface area contributed by atoms with E-state index in [9.17, 15) is 0 Å². The number of nitrogens with one attached hydrogen (secondary N) is 1. The van der Waals surface area contributed by atoms with Gasteiger partial charge in [0.25, 0.3) is 0 Å². The lowest BCUT2D eigenvalue weighted by molar-refractivity contribution is 0.435. The second-order valence-electron chi connectivity index (χ2n) is 6.29. The van der Waals surface area contributed by atoms with E-state index in [2.05, 4.69) is 72.1 Å². The molecule has 2 aromatic rings. The molecule has 2 heteroatoms. The van der Waals surface area contributed by atoms with Crippen molar-refractivity contribution >= 4 is 0 Å². The molecule has 0 bridgehead atoms. The Morgan fingerprint density at radius 1 is 0.920 bits per heavy atom. The molecule has 124 valence electrons. The summed E-state index contributed by atoms with van der Waals surface area (Å²) in [4.78, 5) is 0. The summed E-state index contributed by atoms with van der Waals surface area (Å²) in [6.45, 7) is 0. The molecule has 4 rings (SSSR count). The third kappa shape index (κ3) is 3.43. The van der Waals surface area contributed by atoms with Crippen molar-refractivity contribution in [2.24, 2.45) is 5.92 Å². The molecule has 0 amide bonds. The van der Waals surface area contributed by atoms with Crippen molar-refractivity contribution in [1.29, 1.82) is 0 Å².